The van der Waals surface area contributed by atoms with Crippen LogP contribution >= 0.6 is 0 Å². The smallest absolute Gasteiger partial charge is 0.252 e. The lowest BCUT2D eigenvalue weighted by molar-refractivity contribution is 0.590. The van der Waals surface area contributed by atoms with Gasteiger partial charge in [-0.25, -0.2) is 0 Å². The summed E-state index contributed by atoms with van der Waals surface area (Å²) in [5.74, 6) is 0. The van der Waals surface area contributed by atoms with Crippen molar-refractivity contribution in [3.05, 3.63) is 452 Å². The summed E-state index contributed by atoms with van der Waals surface area (Å²) in [5, 5.41) is 4.71. The molecule has 122 heavy (non-hydrogen) atoms. The number of benzene rings is 18. The van der Waals surface area contributed by atoms with Crippen molar-refractivity contribution in [3.8, 4) is 89.3 Å². The first-order chi connectivity index (χ1) is 59.8. The summed E-state index contributed by atoms with van der Waals surface area (Å²) in [6.07, 6.45) is 0. The molecule has 4 heterocycles. The van der Waals surface area contributed by atoms with Gasteiger partial charge in [0.05, 0.1) is 38.9 Å². The zero-order valence-corrected chi connectivity index (χ0v) is 69.2. The normalized spacial score (nSPS) is 13.2. The summed E-state index contributed by atoms with van der Waals surface area (Å²) in [6.45, 7) is 13.8. The average Bonchev–Trinajstić information content (AvgIpc) is 0.975. The molecule has 1 aliphatic carbocycles. The first-order valence-electron chi connectivity index (χ1n) is 42.9. The number of para-hydroxylation sites is 4. The van der Waals surface area contributed by atoms with Crippen LogP contribution in [0.5, 0.6) is 0 Å². The molecule has 23 rings (SSSR count). The van der Waals surface area contributed by atoms with E-state index in [1.54, 1.807) is 0 Å². The maximum atomic E-state index is 2.78. The molecule has 20 aromatic rings. The molecular weight excluding hydrogens is 1470 g/mol. The van der Waals surface area contributed by atoms with Gasteiger partial charge in [-0.1, -0.05) is 351 Å². The molecule has 0 spiro atoms. The molecular formula is C117H87BN4. The molecule has 0 saturated carbocycles. The maximum Gasteiger partial charge on any atom is 0.252 e. The minimum atomic E-state index is -0.616. The quantitative estimate of drug-likeness (QED) is 0.113. The molecule has 0 N–H and O–H groups in total. The van der Waals surface area contributed by atoms with Gasteiger partial charge in [0.25, 0.3) is 6.71 Å². The summed E-state index contributed by atoms with van der Waals surface area (Å²) in [6, 6.07) is 159. The summed E-state index contributed by atoms with van der Waals surface area (Å²) in [7, 11) is 0. The van der Waals surface area contributed by atoms with Gasteiger partial charge in [-0.2, -0.15) is 0 Å². The van der Waals surface area contributed by atoms with Crippen molar-refractivity contribution in [2.75, 3.05) is 9.80 Å². The Hall–Kier alpha value is -14.8. The van der Waals surface area contributed by atoms with Gasteiger partial charge in [-0.15, -0.1) is 0 Å². The Kier molecular flexibility index (Phi) is 16.7. The van der Waals surface area contributed by atoms with Gasteiger partial charge in [-0.05, 0) is 225 Å². The van der Waals surface area contributed by atoms with Gasteiger partial charge in [0.15, 0.2) is 0 Å². The van der Waals surface area contributed by atoms with E-state index in [0.717, 1.165) is 134 Å². The monoisotopic (exact) mass is 1560 g/mol. The standard InChI is InChI=1S/C117H87BN4/c1-115(2,3)86-68-93(77-40-17-8-18-41-77)113(94(69-86)78-42-19-9-20-43-78)121-108-72-98-91-57-32-35-60-104(91)119(88-52-27-13-28-53-88)106(98)74-102(108)118-103-75-107-99(92-58-33-36-61-105(92)120(107)89-54-29-14-30-55-89)73-109(103)122(114-95(79-44-21-10-22-45-79)70-87(116(4,5)6)71-96(114)82-47-37-46-80(64-82)76-38-15-7-16-39-76)111-67-83(66-110(121)112(111)118)81-62-63-101-97(65-81)90-56-31-34-59-100(90)117(101,84-48-23-11-24-49-84)85-50-25-12-26-51-85/h7-75H,1-6H3. The number of nitrogens with zero attached hydrogens (tertiary/aromatic N) is 4. The molecule has 4 nitrogen and oxygen atoms in total. The molecule has 578 valence electrons. The highest BCUT2D eigenvalue weighted by Gasteiger charge is 2.49. The van der Waals surface area contributed by atoms with E-state index in [1.165, 1.54) is 82.4 Å². The Morgan fingerprint density at radius 1 is 0.230 bits per heavy atom. The Balaban J connectivity index is 0.942. The minimum Gasteiger partial charge on any atom is -0.310 e. The molecule has 0 atom stereocenters. The van der Waals surface area contributed by atoms with Gasteiger partial charge in [0, 0.05) is 77.9 Å². The van der Waals surface area contributed by atoms with Gasteiger partial charge < -0.3 is 18.9 Å². The first-order valence-corrected chi connectivity index (χ1v) is 42.9. The zero-order chi connectivity index (χ0) is 81.7. The van der Waals surface area contributed by atoms with E-state index in [1.807, 2.05) is 0 Å². The third-order valence-electron chi connectivity index (χ3n) is 26.4. The number of hydrogen-bond donors (Lipinski definition) is 0. The highest BCUT2D eigenvalue weighted by Crippen LogP contribution is 2.60. The van der Waals surface area contributed by atoms with Crippen LogP contribution < -0.4 is 26.2 Å². The fraction of sp³-hybridized carbons (Fsp3) is 0.0769. The third-order valence-corrected chi connectivity index (χ3v) is 26.4. The molecule has 0 radical (unpaired) electrons. The number of fused-ring (bicyclic) bond motifs is 13. The molecule has 0 amide bonds. The van der Waals surface area contributed by atoms with Crippen LogP contribution in [0.1, 0.15) is 74.9 Å². The van der Waals surface area contributed by atoms with Gasteiger partial charge >= 0.3 is 0 Å². The lowest BCUT2D eigenvalue weighted by Crippen LogP contribution is -2.61. The van der Waals surface area contributed by atoms with Gasteiger partial charge in [0.2, 0.25) is 0 Å². The van der Waals surface area contributed by atoms with Gasteiger partial charge in [-0.3, -0.25) is 0 Å². The topological polar surface area (TPSA) is 16.3 Å². The fourth-order valence-electron chi connectivity index (χ4n) is 20.8. The SMILES string of the molecule is CC(C)(C)c1cc(-c2ccccc2)c(N2c3cc4c5ccccc5n(-c5ccccc5)c4cc3B3c4cc5c(cc4N(c4c(-c6ccccc6)cc(C(C)(C)C)cc4-c4cccc(-c6ccccc6)c4)c4cc(-c6ccc7c(c6)-c6ccccc6C7(c6ccccc6)c6ccccc6)cc2c43)c2ccccc2n5-c2ccccc2)c(-c2ccccc2)c1. The second-order valence-electron chi connectivity index (χ2n) is 35.4. The Morgan fingerprint density at radius 3 is 1.04 bits per heavy atom. The van der Waals surface area contributed by atoms with E-state index in [2.05, 4.69) is 479 Å². The molecule has 2 aromatic heterocycles. The summed E-state index contributed by atoms with van der Waals surface area (Å²) < 4.78 is 5.06. The van der Waals surface area contributed by atoms with E-state index in [-0.39, 0.29) is 17.5 Å². The van der Waals surface area contributed by atoms with Crippen LogP contribution in [-0.2, 0) is 16.2 Å². The zero-order valence-electron chi connectivity index (χ0n) is 69.2. The Labute approximate surface area is 713 Å². The van der Waals surface area contributed by atoms with Crippen molar-refractivity contribution < 1.29 is 0 Å². The number of aromatic nitrogens is 2. The lowest BCUT2D eigenvalue weighted by atomic mass is 9.33. The molecule has 0 unspecified atom stereocenters. The van der Waals surface area contributed by atoms with E-state index >= 15 is 0 Å². The van der Waals surface area contributed by atoms with Crippen molar-refractivity contribution in [2.45, 2.75) is 57.8 Å². The second kappa shape index (κ2) is 28.2. The Bertz CT molecular complexity index is 7450. The number of anilines is 6. The van der Waals surface area contributed by atoms with E-state index in [0.29, 0.717) is 0 Å². The van der Waals surface area contributed by atoms with Crippen molar-refractivity contribution >= 4 is 101 Å². The van der Waals surface area contributed by atoms with E-state index in [4.69, 9.17) is 0 Å². The van der Waals surface area contributed by atoms with Crippen LogP contribution in [0.4, 0.5) is 34.1 Å². The summed E-state index contributed by atoms with van der Waals surface area (Å²) >= 11 is 0. The number of rotatable bonds is 12. The molecule has 3 aliphatic rings. The maximum absolute atomic E-state index is 2.78. The van der Waals surface area contributed by atoms with Crippen molar-refractivity contribution in [2.24, 2.45) is 0 Å². The first kappa shape index (κ1) is 72.5. The van der Waals surface area contributed by atoms with Crippen LogP contribution in [0.2, 0.25) is 0 Å². The summed E-state index contributed by atoms with van der Waals surface area (Å²) in [4.78, 5) is 5.55. The lowest BCUT2D eigenvalue weighted by Gasteiger charge is -2.46. The fourth-order valence-corrected chi connectivity index (χ4v) is 20.8. The van der Waals surface area contributed by atoms with Crippen LogP contribution in [-0.4, -0.2) is 15.8 Å². The molecule has 0 saturated heterocycles. The molecule has 0 bridgehead atoms. The van der Waals surface area contributed by atoms with E-state index in [9.17, 15) is 0 Å². The van der Waals surface area contributed by atoms with Crippen molar-refractivity contribution in [1.82, 2.24) is 9.13 Å². The average molecular weight is 1560 g/mol. The molecule has 18 aromatic carbocycles. The van der Waals surface area contributed by atoms with Crippen molar-refractivity contribution in [3.63, 3.8) is 0 Å². The summed E-state index contributed by atoms with van der Waals surface area (Å²) in [5.41, 5.74) is 39.4. The van der Waals surface area contributed by atoms with Gasteiger partial charge in [0.1, 0.15) is 0 Å². The number of hydrogen-bond acceptors (Lipinski definition) is 2. The highest BCUT2D eigenvalue weighted by atomic mass is 15.2. The van der Waals surface area contributed by atoms with Crippen LogP contribution in [0.15, 0.2) is 419 Å². The predicted molar refractivity (Wildman–Crippen MR) is 516 cm³/mol. The molecule has 2 aliphatic heterocycles. The second-order valence-corrected chi connectivity index (χ2v) is 35.4. The van der Waals surface area contributed by atoms with Crippen LogP contribution in [0, 0.1) is 0 Å². The van der Waals surface area contributed by atoms with Crippen LogP contribution in [0.3, 0.4) is 0 Å². The molecule has 0 fully saturated rings. The molecule has 5 heteroatoms. The minimum absolute atomic E-state index is 0.249. The highest BCUT2D eigenvalue weighted by molar-refractivity contribution is 7.00. The predicted octanol–water partition coefficient (Wildman–Crippen LogP) is 28.9. The largest absolute Gasteiger partial charge is 0.310 e. The van der Waals surface area contributed by atoms with E-state index < -0.39 is 5.41 Å². The third kappa shape index (κ3) is 11.4. The Morgan fingerprint density at radius 2 is 0.590 bits per heavy atom. The van der Waals surface area contributed by atoms with Crippen LogP contribution in [0.25, 0.3) is 133 Å². The van der Waals surface area contributed by atoms with Crippen molar-refractivity contribution in [1.29, 1.82) is 0 Å².